The minimum Gasteiger partial charge on any atom is -0.496 e. The first-order valence-electron chi connectivity index (χ1n) is 32.4. The van der Waals surface area contributed by atoms with Gasteiger partial charge in [0.25, 0.3) is 5.91 Å². The number of aliphatic hydroxyl groups excluding tert-OH is 1. The van der Waals surface area contributed by atoms with E-state index in [4.69, 9.17) is 69.6 Å². The lowest BCUT2D eigenvalue weighted by atomic mass is 9.72. The zero-order valence-corrected chi connectivity index (χ0v) is 59.2. The van der Waals surface area contributed by atoms with Gasteiger partial charge < -0.3 is 65.5 Å². The van der Waals surface area contributed by atoms with Gasteiger partial charge in [0.15, 0.2) is 16.6 Å². The van der Waals surface area contributed by atoms with Crippen LogP contribution in [0.2, 0.25) is 15.1 Å². The Bertz CT molecular complexity index is 4510. The Labute approximate surface area is 594 Å². The Morgan fingerprint density at radius 2 is 1.52 bits per heavy atom. The second kappa shape index (κ2) is 32.2. The van der Waals surface area contributed by atoms with E-state index in [2.05, 4.69) is 73.6 Å². The van der Waals surface area contributed by atoms with Crippen molar-refractivity contribution in [1.82, 2.24) is 49.0 Å². The van der Waals surface area contributed by atoms with Gasteiger partial charge in [0.1, 0.15) is 68.5 Å². The van der Waals surface area contributed by atoms with E-state index >= 15 is 0 Å². The number of imidazole rings is 1. The number of para-hydroxylation sites is 2. The van der Waals surface area contributed by atoms with Crippen LogP contribution in [-0.2, 0) is 0 Å². The summed E-state index contributed by atoms with van der Waals surface area (Å²) >= 11 is 20.1. The fraction of sp³-hybridized carbons (Fsp3) is 0.333. The largest absolute Gasteiger partial charge is 0.496 e. The molecule has 516 valence electrons. The van der Waals surface area contributed by atoms with Crippen molar-refractivity contribution in [2.45, 2.75) is 58.5 Å². The fourth-order valence-electron chi connectivity index (χ4n) is 12.1. The zero-order valence-electron chi connectivity index (χ0n) is 56.2. The number of thiazole rings is 1. The van der Waals surface area contributed by atoms with E-state index in [0.717, 1.165) is 110 Å². The van der Waals surface area contributed by atoms with Crippen molar-refractivity contribution in [2.75, 3.05) is 127 Å². The number of nitriles is 1. The van der Waals surface area contributed by atoms with E-state index in [1.807, 2.05) is 123 Å². The highest BCUT2D eigenvalue weighted by atomic mass is 35.5. The SMILES string of the molecule is COc1cc(Oc2ccccc2)ccc1-c1nc(C2CC(C)(O)C2)n2ccnc(N)c12.COc1cc2c(Nc3cc(C)c(Cl)cc3Cl)c(C#N)cnc2cc1OCCCN1CCN(C)CC1.Cc1nc(Nc2ncc(C(=O)Nc3c(C)cccc3Cl)s2)cc(N2CCN(CCO)CC2)n1. The molecule has 0 atom stereocenters. The molecule has 10 aromatic rings. The summed E-state index contributed by atoms with van der Waals surface area (Å²) in [5, 5.41) is 41.3. The molecule has 0 unspecified atom stereocenters. The second-order valence-corrected chi connectivity index (χ2v) is 27.0. The first kappa shape index (κ1) is 71.2. The van der Waals surface area contributed by atoms with Crippen LogP contribution in [0.3, 0.4) is 0 Å². The number of benzene rings is 5. The molecule has 99 heavy (non-hydrogen) atoms. The highest BCUT2D eigenvalue weighted by Crippen LogP contribution is 2.47. The molecular weight excluding hydrogens is 1340 g/mol. The number of likely N-dealkylation sites (N-methyl/N-ethyl adjacent to an activating group) is 1. The number of fused-ring (bicyclic) bond motifs is 2. The second-order valence-electron chi connectivity index (χ2n) is 24.7. The summed E-state index contributed by atoms with van der Waals surface area (Å²) in [6.45, 7) is 17.8. The van der Waals surface area contributed by atoms with E-state index in [0.29, 0.717) is 125 Å². The normalized spacial score (nSPS) is 16.4. The van der Waals surface area contributed by atoms with E-state index in [1.54, 1.807) is 38.7 Å². The predicted octanol–water partition coefficient (Wildman–Crippen LogP) is 13.2. The molecule has 3 aliphatic rings. The lowest BCUT2D eigenvalue weighted by molar-refractivity contribution is -0.0335. The topological polar surface area (TPSA) is 275 Å². The van der Waals surface area contributed by atoms with E-state index < -0.39 is 5.60 Å². The maximum Gasteiger partial charge on any atom is 0.267 e. The van der Waals surface area contributed by atoms with Gasteiger partial charge in [-0.2, -0.15) is 5.26 Å². The average Bonchev–Trinajstić information content (AvgIpc) is 1.62. The highest BCUT2D eigenvalue weighted by Gasteiger charge is 2.42. The molecule has 13 rings (SSSR count). The first-order valence-corrected chi connectivity index (χ1v) is 34.4. The molecule has 1 saturated carbocycles. The number of aryl methyl sites for hydroxylation is 3. The van der Waals surface area contributed by atoms with Gasteiger partial charge in [-0.25, -0.2) is 24.9 Å². The Hall–Kier alpha value is -9.13. The van der Waals surface area contributed by atoms with Crippen molar-refractivity contribution in [3.05, 3.63) is 170 Å². The average molecular weight is 1420 g/mol. The number of β-amino-alcohol motifs (C(OH)–C–C–N with tert-alkyl or cyclic N) is 1. The van der Waals surface area contributed by atoms with Crippen LogP contribution in [-0.4, -0.2) is 171 Å². The van der Waals surface area contributed by atoms with E-state index in [-0.39, 0.29) is 18.4 Å². The maximum absolute atomic E-state index is 12.7. The Morgan fingerprint density at radius 3 is 2.23 bits per heavy atom. The monoisotopic (exact) mass is 1420 g/mol. The number of ether oxygens (including phenoxy) is 4. The van der Waals surface area contributed by atoms with Crippen LogP contribution in [0.25, 0.3) is 27.7 Å². The molecule has 7 N–H and O–H groups in total. The summed E-state index contributed by atoms with van der Waals surface area (Å²) in [5.41, 5.74) is 12.5. The van der Waals surface area contributed by atoms with Crippen LogP contribution < -0.4 is 45.5 Å². The molecule has 2 saturated heterocycles. The number of nitrogens with two attached hydrogens (primary N) is 1. The van der Waals surface area contributed by atoms with Crippen LogP contribution in [0, 0.1) is 32.1 Å². The molecule has 0 bridgehead atoms. The smallest absolute Gasteiger partial charge is 0.267 e. The molecular formula is C72H79Cl3N16O7S. The quantitative estimate of drug-likeness (QED) is 0.0387. The van der Waals surface area contributed by atoms with Crippen LogP contribution in [0.15, 0.2) is 122 Å². The van der Waals surface area contributed by atoms with Crippen molar-refractivity contribution >= 4 is 108 Å². The van der Waals surface area contributed by atoms with Gasteiger partial charge in [0, 0.05) is 124 Å². The molecule has 23 nitrogen and oxygen atoms in total. The highest BCUT2D eigenvalue weighted by molar-refractivity contribution is 7.17. The predicted molar refractivity (Wildman–Crippen MR) is 392 cm³/mol. The van der Waals surface area contributed by atoms with Crippen molar-refractivity contribution in [3.63, 3.8) is 0 Å². The first-order chi connectivity index (χ1) is 47.8. The number of halogens is 3. The molecule has 5 aromatic carbocycles. The van der Waals surface area contributed by atoms with Gasteiger partial charge in [0.05, 0.1) is 77.4 Å². The van der Waals surface area contributed by atoms with Gasteiger partial charge in [0.2, 0.25) is 0 Å². The number of nitrogen functional groups attached to an aromatic ring is 1. The molecule has 27 heteroatoms. The third-order valence-electron chi connectivity index (χ3n) is 17.4. The number of anilines is 7. The molecule has 7 heterocycles. The number of nitrogens with one attached hydrogen (secondary N) is 3. The number of hydrogen-bond donors (Lipinski definition) is 6. The summed E-state index contributed by atoms with van der Waals surface area (Å²) < 4.78 is 25.3. The molecule has 5 aromatic heterocycles. The number of rotatable bonds is 20. The van der Waals surface area contributed by atoms with Crippen molar-refractivity contribution in [1.29, 1.82) is 5.26 Å². The van der Waals surface area contributed by atoms with Crippen LogP contribution >= 0.6 is 46.1 Å². The summed E-state index contributed by atoms with van der Waals surface area (Å²) in [6.07, 6.45) is 8.86. The lowest BCUT2D eigenvalue weighted by Crippen LogP contribution is -2.47. The summed E-state index contributed by atoms with van der Waals surface area (Å²) in [7, 11) is 5.38. The number of amides is 1. The number of methoxy groups -OCH3 is 2. The Kier molecular flexibility index (Phi) is 23.2. The number of pyridine rings is 1. The van der Waals surface area contributed by atoms with Gasteiger partial charge in [-0.05, 0) is 114 Å². The maximum atomic E-state index is 12.7. The number of nitrogens with zero attached hydrogens (tertiary/aromatic N) is 12. The zero-order chi connectivity index (χ0) is 69.9. The number of carbonyl (C=O) groups is 1. The van der Waals surface area contributed by atoms with Crippen molar-refractivity contribution in [2.24, 2.45) is 0 Å². The molecule has 1 amide bonds. The van der Waals surface area contributed by atoms with E-state index in [1.165, 1.54) is 17.5 Å². The van der Waals surface area contributed by atoms with Crippen LogP contribution in [0.4, 0.5) is 39.6 Å². The minimum absolute atomic E-state index is 0.157. The number of aromatic nitrogens is 7. The number of aliphatic hydroxyl groups is 2. The summed E-state index contributed by atoms with van der Waals surface area (Å²) in [6, 6.07) is 32.0. The van der Waals surface area contributed by atoms with Gasteiger partial charge in [-0.15, -0.1) is 0 Å². The van der Waals surface area contributed by atoms with Crippen LogP contribution in [0.5, 0.6) is 28.7 Å². The molecule has 2 aliphatic heterocycles. The Morgan fingerprint density at radius 1 is 0.768 bits per heavy atom. The fourth-order valence-corrected chi connectivity index (χ4v) is 13.5. The Balaban J connectivity index is 0.000000150. The summed E-state index contributed by atoms with van der Waals surface area (Å²) in [4.78, 5) is 49.5. The standard InChI is InChI=1S/C26H29Cl2N5O2.C24H24N4O3.C22H26ClN7O2S/c1-17-11-23(21(28)13-20(17)27)31-26-18(15-29)16-30-22-14-25(24(34-3)12-19(22)26)35-10-4-5-33-8-6-32(2)7-9-33;1-24(29)13-15(14-24)23-27-20(21-22(25)26-10-11-28(21)23)18-9-8-17(12-19(18)30-2)31-16-6-4-3-5-7-16;1-14-4-3-5-16(23)20(14)28-21(32)17-13-24-22(33-17)27-18-12-19(26-15(2)25-18)30-8-6-29(7-9-30)10-11-31/h11-14,16H,4-10H2,1-3H3,(H,30,31);3-12,15,29H,13-14H2,1-2H3,(H2,25,26);3-5,12-13,31H,6-11H2,1-2H3,(H,28,32)(H,24,25,26,27). The van der Waals surface area contributed by atoms with Crippen LogP contribution in [0.1, 0.15) is 70.1 Å². The molecule has 0 spiro atoms. The van der Waals surface area contributed by atoms with Crippen molar-refractivity contribution < 1.29 is 34.0 Å². The summed E-state index contributed by atoms with van der Waals surface area (Å²) in [5.74, 6) is 6.52. The number of carbonyl (C=O) groups excluding carboxylic acids is 1. The van der Waals surface area contributed by atoms with Crippen molar-refractivity contribution in [3.8, 4) is 46.1 Å². The van der Waals surface area contributed by atoms with E-state index in [9.17, 15) is 15.2 Å². The van der Waals surface area contributed by atoms with Gasteiger partial charge >= 0.3 is 0 Å². The molecule has 1 aliphatic carbocycles. The number of piperazine rings is 2. The van der Waals surface area contributed by atoms with Gasteiger partial charge in [-0.3, -0.25) is 19.1 Å². The number of hydrogen-bond acceptors (Lipinski definition) is 22. The third-order valence-corrected chi connectivity index (χ3v) is 19.3. The third kappa shape index (κ3) is 17.5. The molecule has 0 radical (unpaired) electrons. The van der Waals surface area contributed by atoms with Gasteiger partial charge in [-0.1, -0.05) is 76.5 Å². The molecule has 3 fully saturated rings. The minimum atomic E-state index is -0.649. The lowest BCUT2D eigenvalue weighted by Gasteiger charge is -2.40.